The molecular formula is C23H27N3O5. The van der Waals surface area contributed by atoms with Crippen molar-refractivity contribution >= 4 is 22.7 Å². The second-order valence-electron chi connectivity index (χ2n) is 8.06. The molecule has 0 unspecified atom stereocenters. The quantitative estimate of drug-likeness (QED) is 0.543. The lowest BCUT2D eigenvalue weighted by Crippen LogP contribution is -2.41. The Morgan fingerprint density at radius 2 is 1.45 bits per heavy atom. The van der Waals surface area contributed by atoms with Crippen molar-refractivity contribution in [3.05, 3.63) is 53.2 Å². The lowest BCUT2D eigenvalue weighted by atomic mass is 9.87. The predicted octanol–water partition coefficient (Wildman–Crippen LogP) is 3.57. The molecule has 0 saturated heterocycles. The molecule has 0 bridgehead atoms. The summed E-state index contributed by atoms with van der Waals surface area (Å²) < 4.78 is 15.8. The summed E-state index contributed by atoms with van der Waals surface area (Å²) in [6.07, 6.45) is 0. The van der Waals surface area contributed by atoms with Crippen molar-refractivity contribution in [1.29, 1.82) is 0 Å². The third kappa shape index (κ3) is 4.58. The highest BCUT2D eigenvalue weighted by atomic mass is 16.5. The second kappa shape index (κ2) is 8.59. The smallest absolute Gasteiger partial charge is 0.286 e. The Hall–Kier alpha value is -3.68. The maximum absolute atomic E-state index is 12.6. The van der Waals surface area contributed by atoms with Crippen LogP contribution in [0.1, 0.15) is 47.2 Å². The average Bonchev–Trinajstić information content (AvgIpc) is 3.19. The summed E-state index contributed by atoms with van der Waals surface area (Å²) in [5.41, 5.74) is 7.42. The normalized spacial score (nSPS) is 11.2. The zero-order chi connectivity index (χ0) is 22.8. The topological polar surface area (TPSA) is 102 Å². The van der Waals surface area contributed by atoms with Crippen LogP contribution in [0.15, 0.2) is 36.4 Å². The number of aromatic amines is 1. The molecule has 0 radical (unpaired) electrons. The summed E-state index contributed by atoms with van der Waals surface area (Å²) in [7, 11) is 4.40. The Kier molecular flexibility index (Phi) is 6.10. The molecule has 3 rings (SSSR count). The molecule has 8 nitrogen and oxygen atoms in total. The molecule has 164 valence electrons. The summed E-state index contributed by atoms with van der Waals surface area (Å²) >= 11 is 0. The fourth-order valence-corrected chi connectivity index (χ4v) is 3.18. The lowest BCUT2D eigenvalue weighted by molar-refractivity contribution is 0.0844. The van der Waals surface area contributed by atoms with Gasteiger partial charge in [0.15, 0.2) is 11.5 Å². The number of hydrogen-bond donors (Lipinski definition) is 3. The van der Waals surface area contributed by atoms with Crippen LogP contribution in [0.3, 0.4) is 0 Å². The Labute approximate surface area is 180 Å². The van der Waals surface area contributed by atoms with E-state index in [-0.39, 0.29) is 11.0 Å². The van der Waals surface area contributed by atoms with E-state index in [9.17, 15) is 9.59 Å². The number of carbonyl (C=O) groups is 2. The summed E-state index contributed by atoms with van der Waals surface area (Å²) in [5, 5.41) is 0.911. The minimum atomic E-state index is -0.529. The number of rotatable bonds is 5. The molecule has 0 aliphatic heterocycles. The summed E-state index contributed by atoms with van der Waals surface area (Å²) in [6.45, 7) is 6.39. The fraction of sp³-hybridized carbons (Fsp3) is 0.304. The lowest BCUT2D eigenvalue weighted by Gasteiger charge is -2.18. The maximum Gasteiger partial charge on any atom is 0.286 e. The maximum atomic E-state index is 12.6. The van der Waals surface area contributed by atoms with Gasteiger partial charge >= 0.3 is 0 Å². The highest BCUT2D eigenvalue weighted by Gasteiger charge is 2.19. The Morgan fingerprint density at radius 3 is 2.00 bits per heavy atom. The van der Waals surface area contributed by atoms with Crippen molar-refractivity contribution in [1.82, 2.24) is 15.8 Å². The van der Waals surface area contributed by atoms with E-state index >= 15 is 0 Å². The van der Waals surface area contributed by atoms with Gasteiger partial charge in [0.25, 0.3) is 11.8 Å². The van der Waals surface area contributed by atoms with Crippen LogP contribution in [0.25, 0.3) is 10.9 Å². The minimum absolute atomic E-state index is 0.00379. The minimum Gasteiger partial charge on any atom is -0.493 e. The van der Waals surface area contributed by atoms with E-state index in [0.717, 1.165) is 16.5 Å². The number of aromatic nitrogens is 1. The Bertz CT molecular complexity index is 1100. The van der Waals surface area contributed by atoms with E-state index in [1.807, 2.05) is 18.2 Å². The summed E-state index contributed by atoms with van der Waals surface area (Å²) in [5.74, 6) is 0.0542. The molecule has 8 heteroatoms. The van der Waals surface area contributed by atoms with Gasteiger partial charge in [0.1, 0.15) is 5.69 Å². The number of H-pyrrole nitrogens is 1. The average molecular weight is 425 g/mol. The van der Waals surface area contributed by atoms with Gasteiger partial charge in [-0.2, -0.15) is 0 Å². The first-order valence-corrected chi connectivity index (χ1v) is 9.72. The number of methoxy groups -OCH3 is 3. The monoisotopic (exact) mass is 425 g/mol. The predicted molar refractivity (Wildman–Crippen MR) is 118 cm³/mol. The molecule has 3 N–H and O–H groups in total. The van der Waals surface area contributed by atoms with Crippen molar-refractivity contribution < 1.29 is 23.8 Å². The van der Waals surface area contributed by atoms with Gasteiger partial charge in [0.2, 0.25) is 5.75 Å². The van der Waals surface area contributed by atoms with E-state index in [2.05, 4.69) is 36.6 Å². The van der Waals surface area contributed by atoms with Gasteiger partial charge in [-0.25, -0.2) is 0 Å². The Morgan fingerprint density at radius 1 is 0.839 bits per heavy atom. The number of nitrogens with one attached hydrogen (secondary N) is 3. The van der Waals surface area contributed by atoms with Gasteiger partial charge in [0, 0.05) is 16.5 Å². The number of benzene rings is 2. The van der Waals surface area contributed by atoms with Crippen LogP contribution < -0.4 is 25.1 Å². The van der Waals surface area contributed by atoms with E-state index in [4.69, 9.17) is 14.2 Å². The number of fused-ring (bicyclic) bond motifs is 1. The molecule has 0 saturated carbocycles. The molecule has 2 amide bonds. The van der Waals surface area contributed by atoms with Crippen molar-refractivity contribution in [3.63, 3.8) is 0 Å². The van der Waals surface area contributed by atoms with Crippen LogP contribution >= 0.6 is 0 Å². The second-order valence-corrected chi connectivity index (χ2v) is 8.06. The number of hydrogen-bond acceptors (Lipinski definition) is 5. The molecule has 0 aliphatic rings. The van der Waals surface area contributed by atoms with Gasteiger partial charge in [-0.05, 0) is 35.2 Å². The zero-order valence-electron chi connectivity index (χ0n) is 18.5. The molecule has 0 aliphatic carbocycles. The molecule has 3 aromatic rings. The number of amides is 2. The largest absolute Gasteiger partial charge is 0.493 e. The molecule has 1 heterocycles. The molecule has 0 atom stereocenters. The molecule has 0 spiro atoms. The summed E-state index contributed by atoms with van der Waals surface area (Å²) in [6, 6.07) is 10.8. The van der Waals surface area contributed by atoms with Crippen LogP contribution in [0, 0.1) is 0 Å². The third-order valence-corrected chi connectivity index (χ3v) is 4.95. The highest BCUT2D eigenvalue weighted by molar-refractivity contribution is 6.01. The van der Waals surface area contributed by atoms with Gasteiger partial charge in [-0.3, -0.25) is 20.4 Å². The number of ether oxygens (including phenoxy) is 3. The molecule has 1 aromatic heterocycles. The first-order chi connectivity index (χ1) is 14.7. The molecule has 2 aromatic carbocycles. The van der Waals surface area contributed by atoms with E-state index in [1.54, 1.807) is 6.07 Å². The number of carbonyl (C=O) groups excluding carboxylic acids is 2. The van der Waals surface area contributed by atoms with Crippen molar-refractivity contribution in [3.8, 4) is 17.2 Å². The standard InChI is InChI=1S/C23H27N3O5/c1-23(2,3)15-8-7-13-9-17(24-16(13)12-15)22(28)26-25-21(27)14-10-18(29-4)20(31-6)19(11-14)30-5/h7-12,24H,1-6H3,(H,25,27)(H,26,28). The van der Waals surface area contributed by atoms with Crippen molar-refractivity contribution in [2.24, 2.45) is 0 Å². The molecule has 0 fully saturated rings. The molecular weight excluding hydrogens is 398 g/mol. The van der Waals surface area contributed by atoms with Crippen LogP contribution in [0.5, 0.6) is 17.2 Å². The van der Waals surface area contributed by atoms with Crippen LogP contribution in [0.2, 0.25) is 0 Å². The van der Waals surface area contributed by atoms with Crippen molar-refractivity contribution in [2.75, 3.05) is 21.3 Å². The van der Waals surface area contributed by atoms with Crippen LogP contribution in [-0.4, -0.2) is 38.1 Å². The van der Waals surface area contributed by atoms with E-state index < -0.39 is 11.8 Å². The van der Waals surface area contributed by atoms with Gasteiger partial charge < -0.3 is 19.2 Å². The molecule has 31 heavy (non-hydrogen) atoms. The first-order valence-electron chi connectivity index (χ1n) is 9.72. The zero-order valence-corrected chi connectivity index (χ0v) is 18.5. The van der Waals surface area contributed by atoms with Gasteiger partial charge in [-0.15, -0.1) is 0 Å². The summed E-state index contributed by atoms with van der Waals surface area (Å²) in [4.78, 5) is 28.2. The SMILES string of the molecule is COc1cc(C(=O)NNC(=O)c2cc3ccc(C(C)(C)C)cc3[nH]2)cc(OC)c1OC. The van der Waals surface area contributed by atoms with Gasteiger partial charge in [0.05, 0.1) is 21.3 Å². The fourth-order valence-electron chi connectivity index (χ4n) is 3.18. The van der Waals surface area contributed by atoms with Crippen LogP contribution in [-0.2, 0) is 5.41 Å². The van der Waals surface area contributed by atoms with Crippen molar-refractivity contribution in [2.45, 2.75) is 26.2 Å². The first kappa shape index (κ1) is 22.0. The van der Waals surface area contributed by atoms with Gasteiger partial charge in [-0.1, -0.05) is 32.9 Å². The van der Waals surface area contributed by atoms with Crippen LogP contribution in [0.4, 0.5) is 0 Å². The highest BCUT2D eigenvalue weighted by Crippen LogP contribution is 2.38. The van der Waals surface area contributed by atoms with E-state index in [1.165, 1.54) is 33.5 Å². The number of hydrazine groups is 1. The van der Waals surface area contributed by atoms with E-state index in [0.29, 0.717) is 22.9 Å². The third-order valence-electron chi connectivity index (χ3n) is 4.95. The Balaban J connectivity index is 1.75.